The van der Waals surface area contributed by atoms with Gasteiger partial charge in [0.15, 0.2) is 0 Å². The van der Waals surface area contributed by atoms with Gasteiger partial charge in [-0.1, -0.05) is 0 Å². The van der Waals surface area contributed by atoms with Crippen molar-refractivity contribution in [3.8, 4) is 0 Å². The van der Waals surface area contributed by atoms with Crippen molar-refractivity contribution >= 4 is 17.6 Å². The number of nitrogen functional groups attached to an aromatic ring is 1. The Kier molecular flexibility index (Phi) is 2.74. The third kappa shape index (κ3) is 1.95. The molecule has 92 valence electrons. The molecule has 1 aliphatic rings. The molecule has 1 aromatic rings. The zero-order valence-corrected chi connectivity index (χ0v) is 9.80. The highest BCUT2D eigenvalue weighted by molar-refractivity contribution is 6.01. The van der Waals surface area contributed by atoms with Gasteiger partial charge in [-0.05, 0) is 6.42 Å². The van der Waals surface area contributed by atoms with Gasteiger partial charge in [-0.25, -0.2) is 0 Å². The number of nitrogens with two attached hydrogens (primary N) is 1. The van der Waals surface area contributed by atoms with Crippen molar-refractivity contribution < 1.29 is 9.59 Å². The number of hydrogen-bond donors (Lipinski definition) is 2. The summed E-state index contributed by atoms with van der Waals surface area (Å²) in [5.41, 5.74) is 5.98. The van der Waals surface area contributed by atoms with Crippen LogP contribution in [0.5, 0.6) is 0 Å². The van der Waals surface area contributed by atoms with Crippen molar-refractivity contribution in [1.29, 1.82) is 0 Å². The molecule has 0 spiro atoms. The Labute approximate surface area is 98.6 Å². The molecule has 1 atom stereocenters. The molecular weight excluding hydrogens is 222 g/mol. The molecule has 1 aliphatic heterocycles. The van der Waals surface area contributed by atoms with Crippen molar-refractivity contribution in [1.82, 2.24) is 20.0 Å². The van der Waals surface area contributed by atoms with Gasteiger partial charge in [0.1, 0.15) is 17.4 Å². The van der Waals surface area contributed by atoms with Crippen molar-refractivity contribution in [3.63, 3.8) is 0 Å². The van der Waals surface area contributed by atoms with E-state index in [-0.39, 0.29) is 11.8 Å². The van der Waals surface area contributed by atoms with Crippen LogP contribution in [0.3, 0.4) is 0 Å². The Hall–Kier alpha value is -2.05. The highest BCUT2D eigenvalue weighted by Crippen LogP contribution is 2.12. The maximum Gasteiger partial charge on any atom is 0.257 e. The summed E-state index contributed by atoms with van der Waals surface area (Å²) in [6, 6.07) is -0.452. The van der Waals surface area contributed by atoms with E-state index in [1.165, 1.54) is 10.9 Å². The van der Waals surface area contributed by atoms with Crippen molar-refractivity contribution in [3.05, 3.63) is 11.8 Å². The first-order valence-electron chi connectivity index (χ1n) is 5.34. The molecule has 0 saturated carbocycles. The van der Waals surface area contributed by atoms with E-state index in [4.69, 9.17) is 5.73 Å². The van der Waals surface area contributed by atoms with E-state index in [1.807, 2.05) is 0 Å². The van der Waals surface area contributed by atoms with Crippen molar-refractivity contribution in [2.75, 3.05) is 19.3 Å². The molecule has 1 unspecified atom stereocenters. The Morgan fingerprint density at radius 3 is 2.76 bits per heavy atom. The lowest BCUT2D eigenvalue weighted by molar-refractivity contribution is -0.128. The molecule has 0 aromatic carbocycles. The number of carbonyl (C=O) groups is 2. The average molecular weight is 237 g/mol. The predicted octanol–water partition coefficient (Wildman–Crippen LogP) is -1.04. The third-order valence-corrected chi connectivity index (χ3v) is 2.96. The summed E-state index contributed by atoms with van der Waals surface area (Å²) < 4.78 is 1.41. The Balaban J connectivity index is 2.08. The molecule has 0 bridgehead atoms. The van der Waals surface area contributed by atoms with Crippen LogP contribution in [0.4, 0.5) is 5.82 Å². The first kappa shape index (κ1) is 11.4. The summed E-state index contributed by atoms with van der Waals surface area (Å²) >= 11 is 0. The van der Waals surface area contributed by atoms with E-state index in [9.17, 15) is 9.59 Å². The number of nitrogens with zero attached hydrogens (tertiary/aromatic N) is 3. The van der Waals surface area contributed by atoms with E-state index in [2.05, 4.69) is 10.4 Å². The highest BCUT2D eigenvalue weighted by Gasteiger charge is 2.31. The number of anilines is 1. The normalized spacial score (nSPS) is 19.8. The van der Waals surface area contributed by atoms with Crippen LogP contribution in [0.2, 0.25) is 0 Å². The minimum atomic E-state index is -0.452. The van der Waals surface area contributed by atoms with Crippen LogP contribution in [0.15, 0.2) is 6.20 Å². The van der Waals surface area contributed by atoms with Gasteiger partial charge in [-0.3, -0.25) is 14.3 Å². The van der Waals surface area contributed by atoms with Gasteiger partial charge >= 0.3 is 0 Å². The first-order chi connectivity index (χ1) is 8.00. The lowest BCUT2D eigenvalue weighted by Gasteiger charge is -2.11. The summed E-state index contributed by atoms with van der Waals surface area (Å²) in [5.74, 6) is -0.133. The number of carbonyl (C=O) groups excluding carboxylic acids is 2. The van der Waals surface area contributed by atoms with E-state index in [0.717, 1.165) is 0 Å². The quantitative estimate of drug-likeness (QED) is 0.687. The predicted molar refractivity (Wildman–Crippen MR) is 61.1 cm³/mol. The largest absolute Gasteiger partial charge is 0.383 e. The molecule has 7 heteroatoms. The molecule has 2 heterocycles. The van der Waals surface area contributed by atoms with E-state index in [1.54, 1.807) is 19.0 Å². The molecule has 17 heavy (non-hydrogen) atoms. The second-order valence-electron chi connectivity index (χ2n) is 4.14. The number of likely N-dealkylation sites (tertiary alicyclic amines) is 1. The average Bonchev–Trinajstić information content (AvgIpc) is 2.77. The van der Waals surface area contributed by atoms with Gasteiger partial charge < -0.3 is 16.0 Å². The lowest BCUT2D eigenvalue weighted by atomic mass is 10.2. The summed E-state index contributed by atoms with van der Waals surface area (Å²) in [4.78, 5) is 25.1. The number of nitrogens with one attached hydrogen (secondary N) is 1. The first-order valence-corrected chi connectivity index (χ1v) is 5.34. The van der Waals surface area contributed by atoms with Crippen LogP contribution in [0.25, 0.3) is 0 Å². The van der Waals surface area contributed by atoms with Crippen molar-refractivity contribution in [2.45, 2.75) is 12.5 Å². The SMILES string of the molecule is CN1CCC(NC(=O)c2cnn(C)c2N)C1=O. The third-order valence-electron chi connectivity index (χ3n) is 2.96. The molecule has 3 N–H and O–H groups in total. The van der Waals surface area contributed by atoms with Crippen LogP contribution >= 0.6 is 0 Å². The van der Waals surface area contributed by atoms with Crippen molar-refractivity contribution in [2.24, 2.45) is 7.05 Å². The Bertz CT molecular complexity index is 467. The van der Waals surface area contributed by atoms with Gasteiger partial charge in [-0.2, -0.15) is 5.10 Å². The smallest absolute Gasteiger partial charge is 0.257 e. The number of aromatic nitrogens is 2. The summed E-state index contributed by atoms with van der Waals surface area (Å²) in [6.45, 7) is 0.659. The van der Waals surface area contributed by atoms with Crippen LogP contribution in [0.1, 0.15) is 16.8 Å². The van der Waals surface area contributed by atoms with E-state index >= 15 is 0 Å². The molecule has 7 nitrogen and oxygen atoms in total. The zero-order chi connectivity index (χ0) is 12.6. The fraction of sp³-hybridized carbons (Fsp3) is 0.500. The Morgan fingerprint density at radius 1 is 1.59 bits per heavy atom. The van der Waals surface area contributed by atoms with Crippen LogP contribution < -0.4 is 11.1 Å². The molecular formula is C10H15N5O2. The summed E-state index contributed by atoms with van der Waals surface area (Å²) in [6.07, 6.45) is 2.02. The number of rotatable bonds is 2. The minimum absolute atomic E-state index is 0.0687. The fourth-order valence-corrected chi connectivity index (χ4v) is 1.81. The number of amides is 2. The molecule has 1 saturated heterocycles. The molecule has 0 radical (unpaired) electrons. The number of likely N-dealkylation sites (N-methyl/N-ethyl adjacent to an activating group) is 1. The topological polar surface area (TPSA) is 93.2 Å². The van der Waals surface area contributed by atoms with E-state index in [0.29, 0.717) is 24.3 Å². The summed E-state index contributed by atoms with van der Waals surface area (Å²) in [7, 11) is 3.37. The summed E-state index contributed by atoms with van der Waals surface area (Å²) in [5, 5.41) is 6.55. The van der Waals surface area contributed by atoms with Crippen LogP contribution in [0, 0.1) is 0 Å². The van der Waals surface area contributed by atoms with Crippen LogP contribution in [-0.2, 0) is 11.8 Å². The zero-order valence-electron chi connectivity index (χ0n) is 9.80. The number of hydrogen-bond acceptors (Lipinski definition) is 4. The lowest BCUT2D eigenvalue weighted by Crippen LogP contribution is -2.40. The molecule has 1 aromatic heterocycles. The van der Waals surface area contributed by atoms with Gasteiger partial charge in [0.05, 0.1) is 6.20 Å². The maximum absolute atomic E-state index is 11.9. The monoisotopic (exact) mass is 237 g/mol. The molecule has 1 fully saturated rings. The van der Waals surface area contributed by atoms with Gasteiger partial charge in [0, 0.05) is 20.6 Å². The van der Waals surface area contributed by atoms with E-state index < -0.39 is 6.04 Å². The standard InChI is InChI=1S/C10H15N5O2/c1-14-4-3-7(10(14)17)13-9(16)6-5-12-15(2)8(6)11/h5,7H,3-4,11H2,1-2H3,(H,13,16). The minimum Gasteiger partial charge on any atom is -0.383 e. The number of aryl methyl sites for hydroxylation is 1. The molecule has 2 rings (SSSR count). The van der Waals surface area contributed by atoms with Gasteiger partial charge in [-0.15, -0.1) is 0 Å². The molecule has 2 amide bonds. The van der Waals surface area contributed by atoms with Gasteiger partial charge in [0.2, 0.25) is 5.91 Å². The fourth-order valence-electron chi connectivity index (χ4n) is 1.81. The van der Waals surface area contributed by atoms with Crippen LogP contribution in [-0.4, -0.2) is 46.1 Å². The second kappa shape index (κ2) is 4.08. The van der Waals surface area contributed by atoms with Gasteiger partial charge in [0.25, 0.3) is 5.91 Å². The highest BCUT2D eigenvalue weighted by atomic mass is 16.2. The molecule has 0 aliphatic carbocycles. The maximum atomic E-state index is 11.9. The second-order valence-corrected chi connectivity index (χ2v) is 4.14. The Morgan fingerprint density at radius 2 is 2.29 bits per heavy atom.